The van der Waals surface area contributed by atoms with Crippen molar-refractivity contribution in [2.75, 3.05) is 24.5 Å². The minimum atomic E-state index is -0.485. The molecule has 0 bridgehead atoms. The standard InChI is InChI=1S/C32H43N5O3S/c1-6-23-13-16-36(17-14-23)28-18-27(40-35-28)29(20(2)3)32(39)37-15-7-8-26(37)31(38)34-21(4)24-9-11-25(12-10-24)30-22(5)33-19-41-30/h9-12,18-21,23,26,29H,6-8,13-17H2,1-5H3,(H,34,38)/t21-,26-,29+/m0/s1. The molecule has 1 aromatic carbocycles. The molecule has 2 amide bonds. The zero-order chi connectivity index (χ0) is 29.1. The van der Waals surface area contributed by atoms with Gasteiger partial charge in [-0.05, 0) is 62.5 Å². The molecule has 0 spiro atoms. The van der Waals surface area contributed by atoms with Crippen molar-refractivity contribution in [2.45, 2.75) is 84.7 Å². The summed E-state index contributed by atoms with van der Waals surface area (Å²) in [5, 5.41) is 7.52. The Morgan fingerprint density at radius 2 is 1.83 bits per heavy atom. The van der Waals surface area contributed by atoms with Crippen LogP contribution in [0.2, 0.25) is 0 Å². The van der Waals surface area contributed by atoms with E-state index < -0.39 is 12.0 Å². The van der Waals surface area contributed by atoms with Gasteiger partial charge in [-0.15, -0.1) is 11.3 Å². The lowest BCUT2D eigenvalue weighted by Crippen LogP contribution is -2.48. The van der Waals surface area contributed by atoms with Gasteiger partial charge in [0.15, 0.2) is 11.6 Å². The van der Waals surface area contributed by atoms with E-state index in [4.69, 9.17) is 4.52 Å². The number of likely N-dealkylation sites (tertiary alicyclic amines) is 1. The number of piperidine rings is 1. The predicted octanol–water partition coefficient (Wildman–Crippen LogP) is 6.34. The highest BCUT2D eigenvalue weighted by atomic mass is 32.1. The zero-order valence-corrected chi connectivity index (χ0v) is 25.7. The number of carbonyl (C=O) groups excluding carboxylic acids is 2. The molecule has 2 saturated heterocycles. The van der Waals surface area contributed by atoms with Crippen LogP contribution in [-0.4, -0.2) is 52.5 Å². The molecule has 220 valence electrons. The molecule has 2 aliphatic heterocycles. The van der Waals surface area contributed by atoms with Crippen LogP contribution in [0.5, 0.6) is 0 Å². The summed E-state index contributed by atoms with van der Waals surface area (Å²) in [6, 6.07) is 9.55. The lowest BCUT2D eigenvalue weighted by atomic mass is 9.91. The van der Waals surface area contributed by atoms with Gasteiger partial charge in [-0.1, -0.05) is 56.6 Å². The Hall–Kier alpha value is -3.20. The minimum Gasteiger partial charge on any atom is -0.358 e. The van der Waals surface area contributed by atoms with E-state index in [1.54, 1.807) is 16.2 Å². The molecule has 3 atom stereocenters. The third kappa shape index (κ3) is 6.35. The number of nitrogens with one attached hydrogen (secondary N) is 1. The van der Waals surface area contributed by atoms with E-state index in [1.807, 2.05) is 39.3 Å². The van der Waals surface area contributed by atoms with Crippen molar-refractivity contribution < 1.29 is 14.1 Å². The fourth-order valence-corrected chi connectivity index (χ4v) is 7.07. The fourth-order valence-electron chi connectivity index (χ4n) is 6.26. The number of hydrogen-bond donors (Lipinski definition) is 1. The number of anilines is 1. The maximum Gasteiger partial charge on any atom is 0.243 e. The SMILES string of the molecule is CCC1CCN(c2cc([C@H](C(=O)N3CCC[C@H]3C(=O)N[C@@H](C)c3ccc(-c4scnc4C)cc3)C(C)C)on2)CC1. The summed E-state index contributed by atoms with van der Waals surface area (Å²) in [4.78, 5) is 37.0. The second-order valence-corrected chi connectivity index (χ2v) is 12.8. The molecular formula is C32H43N5O3S. The van der Waals surface area contributed by atoms with Crippen molar-refractivity contribution in [1.82, 2.24) is 20.4 Å². The summed E-state index contributed by atoms with van der Waals surface area (Å²) in [6.07, 6.45) is 4.99. The number of aromatic nitrogens is 2. The lowest BCUT2D eigenvalue weighted by molar-refractivity contribution is -0.141. The number of aryl methyl sites for hydroxylation is 1. The average molecular weight is 578 g/mol. The summed E-state index contributed by atoms with van der Waals surface area (Å²) in [7, 11) is 0. The zero-order valence-electron chi connectivity index (χ0n) is 24.9. The number of amides is 2. The van der Waals surface area contributed by atoms with Gasteiger partial charge in [0.05, 0.1) is 22.1 Å². The first-order valence-corrected chi connectivity index (χ1v) is 16.0. The van der Waals surface area contributed by atoms with Gasteiger partial charge in [0.25, 0.3) is 0 Å². The van der Waals surface area contributed by atoms with Crippen molar-refractivity contribution in [3.05, 3.63) is 52.9 Å². The summed E-state index contributed by atoms with van der Waals surface area (Å²) < 4.78 is 5.79. The van der Waals surface area contributed by atoms with Crippen LogP contribution in [0.25, 0.3) is 10.4 Å². The summed E-state index contributed by atoms with van der Waals surface area (Å²) >= 11 is 1.63. The number of rotatable bonds is 9. The molecule has 8 nitrogen and oxygen atoms in total. The third-order valence-corrected chi connectivity index (χ3v) is 9.86. The number of carbonyl (C=O) groups is 2. The van der Waals surface area contributed by atoms with Crippen LogP contribution < -0.4 is 10.2 Å². The highest BCUT2D eigenvalue weighted by Gasteiger charge is 2.40. The third-order valence-electron chi connectivity index (χ3n) is 8.89. The monoisotopic (exact) mass is 577 g/mol. The van der Waals surface area contributed by atoms with Crippen LogP contribution in [0.3, 0.4) is 0 Å². The first-order valence-electron chi connectivity index (χ1n) is 15.1. The fraction of sp³-hybridized carbons (Fsp3) is 0.562. The molecule has 0 unspecified atom stereocenters. The van der Waals surface area contributed by atoms with E-state index in [1.165, 1.54) is 6.42 Å². The Morgan fingerprint density at radius 1 is 1.10 bits per heavy atom. The summed E-state index contributed by atoms with van der Waals surface area (Å²) in [6.45, 7) is 12.8. The van der Waals surface area contributed by atoms with Gasteiger partial charge in [-0.2, -0.15) is 0 Å². The molecule has 3 aromatic rings. The van der Waals surface area contributed by atoms with E-state index in [2.05, 4.69) is 51.5 Å². The van der Waals surface area contributed by atoms with Gasteiger partial charge < -0.3 is 19.6 Å². The van der Waals surface area contributed by atoms with E-state index in [9.17, 15) is 9.59 Å². The molecule has 5 rings (SSSR count). The molecular weight excluding hydrogens is 534 g/mol. The van der Waals surface area contributed by atoms with Crippen molar-refractivity contribution >= 4 is 29.0 Å². The molecule has 0 aliphatic carbocycles. The van der Waals surface area contributed by atoms with Gasteiger partial charge in [0.1, 0.15) is 12.0 Å². The van der Waals surface area contributed by atoms with Crippen LogP contribution in [0.1, 0.15) is 88.8 Å². The normalized spacial score (nSPS) is 19.5. The molecule has 2 fully saturated rings. The van der Waals surface area contributed by atoms with Crippen molar-refractivity contribution in [2.24, 2.45) is 11.8 Å². The molecule has 2 aromatic heterocycles. The highest BCUT2D eigenvalue weighted by Crippen LogP contribution is 2.34. The smallest absolute Gasteiger partial charge is 0.243 e. The number of benzene rings is 1. The van der Waals surface area contributed by atoms with Crippen molar-refractivity contribution in [1.29, 1.82) is 0 Å². The lowest BCUT2D eigenvalue weighted by Gasteiger charge is -2.31. The minimum absolute atomic E-state index is 0.0121. The van der Waals surface area contributed by atoms with Crippen LogP contribution in [0.15, 0.2) is 40.4 Å². The van der Waals surface area contributed by atoms with Gasteiger partial charge in [0.2, 0.25) is 11.8 Å². The maximum absolute atomic E-state index is 13.9. The summed E-state index contributed by atoms with van der Waals surface area (Å²) in [5.41, 5.74) is 5.03. The Balaban J connectivity index is 1.24. The molecule has 2 aliphatic rings. The Labute approximate surface area is 247 Å². The quantitative estimate of drug-likeness (QED) is 0.319. The van der Waals surface area contributed by atoms with Gasteiger partial charge >= 0.3 is 0 Å². The topological polar surface area (TPSA) is 91.6 Å². The van der Waals surface area contributed by atoms with E-state index in [0.717, 1.165) is 65.8 Å². The first kappa shape index (κ1) is 29.3. The van der Waals surface area contributed by atoms with E-state index >= 15 is 0 Å². The molecule has 0 saturated carbocycles. The van der Waals surface area contributed by atoms with Crippen LogP contribution >= 0.6 is 11.3 Å². The molecule has 0 radical (unpaired) electrons. The van der Waals surface area contributed by atoms with E-state index in [0.29, 0.717) is 18.7 Å². The van der Waals surface area contributed by atoms with E-state index in [-0.39, 0.29) is 23.8 Å². The molecule has 4 heterocycles. The average Bonchev–Trinajstić information content (AvgIpc) is 3.74. The van der Waals surface area contributed by atoms with Crippen LogP contribution in [-0.2, 0) is 9.59 Å². The Bertz CT molecular complexity index is 1330. The first-order chi connectivity index (χ1) is 19.8. The number of hydrogen-bond acceptors (Lipinski definition) is 7. The second kappa shape index (κ2) is 12.8. The molecule has 9 heteroatoms. The van der Waals surface area contributed by atoms with Gasteiger partial charge in [-0.3, -0.25) is 9.59 Å². The number of thiazole rings is 1. The predicted molar refractivity (Wildman–Crippen MR) is 163 cm³/mol. The highest BCUT2D eigenvalue weighted by molar-refractivity contribution is 7.13. The molecule has 41 heavy (non-hydrogen) atoms. The number of nitrogens with zero attached hydrogens (tertiary/aromatic N) is 4. The maximum atomic E-state index is 13.9. The van der Waals surface area contributed by atoms with Crippen molar-refractivity contribution in [3.63, 3.8) is 0 Å². The largest absolute Gasteiger partial charge is 0.358 e. The second-order valence-electron chi connectivity index (χ2n) is 12.0. The molecule has 1 N–H and O–H groups in total. The van der Waals surface area contributed by atoms with Gasteiger partial charge in [0, 0.05) is 25.7 Å². The Kier molecular flexibility index (Phi) is 9.12. The van der Waals surface area contributed by atoms with Crippen LogP contribution in [0.4, 0.5) is 5.82 Å². The Morgan fingerprint density at radius 3 is 2.46 bits per heavy atom. The van der Waals surface area contributed by atoms with Crippen molar-refractivity contribution in [3.8, 4) is 10.4 Å². The summed E-state index contributed by atoms with van der Waals surface area (Å²) in [5.74, 6) is 1.56. The van der Waals surface area contributed by atoms with Gasteiger partial charge in [-0.25, -0.2) is 4.98 Å². The van der Waals surface area contributed by atoms with Crippen LogP contribution in [0, 0.1) is 18.8 Å².